The van der Waals surface area contributed by atoms with E-state index in [0.717, 1.165) is 24.8 Å². The largest absolute Gasteiger partial charge is 0.465 e. The third kappa shape index (κ3) is 6.34. The molecule has 1 aromatic rings. The highest BCUT2D eigenvalue weighted by molar-refractivity contribution is 5.75. The number of rotatable bonds is 9. The topological polar surface area (TPSA) is 46.5 Å². The van der Waals surface area contributed by atoms with E-state index in [1.807, 2.05) is 71.9 Å². The van der Waals surface area contributed by atoms with Gasteiger partial charge in [-0.05, 0) is 28.7 Å². The van der Waals surface area contributed by atoms with E-state index in [1.165, 1.54) is 6.42 Å². The van der Waals surface area contributed by atoms with Crippen molar-refractivity contribution < 1.29 is 14.6 Å². The van der Waals surface area contributed by atoms with Crippen LogP contribution in [0.5, 0.6) is 0 Å². The normalized spacial score (nSPS) is 15.9. The van der Waals surface area contributed by atoms with E-state index in [0.29, 0.717) is 12.5 Å². The van der Waals surface area contributed by atoms with Gasteiger partial charge in [-0.25, -0.2) is 0 Å². The molecule has 0 aliphatic carbocycles. The molecule has 0 spiro atoms. The molecule has 0 fully saturated rings. The van der Waals surface area contributed by atoms with Crippen molar-refractivity contribution in [2.75, 3.05) is 6.61 Å². The van der Waals surface area contributed by atoms with E-state index < -0.39 is 22.3 Å². The smallest absolute Gasteiger partial charge is 0.312 e. The molecular weight excluding hydrogens is 348 g/mol. The monoisotopic (exact) mass is 390 g/mol. The zero-order valence-electron chi connectivity index (χ0n) is 19.3. The number of esters is 1. The average molecular weight is 391 g/mol. The van der Waals surface area contributed by atoms with Crippen molar-refractivity contribution in [1.82, 2.24) is 0 Å². The number of aliphatic hydroxyl groups is 1. The van der Waals surface area contributed by atoms with Gasteiger partial charge in [0, 0.05) is 0 Å². The Bertz CT molecular complexity index is 592. The summed E-state index contributed by atoms with van der Waals surface area (Å²) in [7, 11) is 0. The Morgan fingerprint density at radius 1 is 0.964 bits per heavy atom. The first-order valence-corrected chi connectivity index (χ1v) is 10.8. The molecule has 1 aromatic carbocycles. The molecule has 0 aliphatic rings. The molecule has 1 rings (SSSR count). The van der Waals surface area contributed by atoms with Gasteiger partial charge in [0.15, 0.2) is 0 Å². The molecule has 0 aromatic heterocycles. The Hall–Kier alpha value is -1.35. The van der Waals surface area contributed by atoms with Crippen LogP contribution >= 0.6 is 0 Å². The second kappa shape index (κ2) is 9.91. The van der Waals surface area contributed by atoms with Crippen LogP contribution in [-0.4, -0.2) is 17.7 Å². The maximum absolute atomic E-state index is 13.2. The highest BCUT2D eigenvalue weighted by Gasteiger charge is 2.56. The van der Waals surface area contributed by atoms with Crippen molar-refractivity contribution in [1.29, 1.82) is 0 Å². The lowest BCUT2D eigenvalue weighted by Gasteiger charge is -2.49. The van der Waals surface area contributed by atoms with Crippen molar-refractivity contribution in [3.8, 4) is 0 Å². The lowest BCUT2D eigenvalue weighted by Crippen LogP contribution is -2.54. The van der Waals surface area contributed by atoms with Gasteiger partial charge in [0.05, 0.1) is 12.5 Å². The van der Waals surface area contributed by atoms with Crippen LogP contribution in [0.4, 0.5) is 0 Å². The van der Waals surface area contributed by atoms with Crippen molar-refractivity contribution in [2.24, 2.45) is 22.7 Å². The molecule has 0 saturated carbocycles. The summed E-state index contributed by atoms with van der Waals surface area (Å²) in [6.07, 6.45) is 4.30. The zero-order chi connectivity index (χ0) is 21.6. The third-order valence-corrected chi connectivity index (χ3v) is 5.55. The first-order valence-electron chi connectivity index (χ1n) is 10.8. The van der Waals surface area contributed by atoms with Gasteiger partial charge in [0.2, 0.25) is 0 Å². The minimum atomic E-state index is -1.33. The minimum Gasteiger partial charge on any atom is -0.465 e. The molecule has 3 heteroatoms. The van der Waals surface area contributed by atoms with E-state index in [2.05, 4.69) is 13.8 Å². The molecule has 160 valence electrons. The molecule has 3 nitrogen and oxygen atoms in total. The molecule has 0 heterocycles. The van der Waals surface area contributed by atoms with E-state index in [1.54, 1.807) is 0 Å². The highest BCUT2D eigenvalue weighted by Crippen LogP contribution is 2.51. The fourth-order valence-corrected chi connectivity index (χ4v) is 3.96. The summed E-state index contributed by atoms with van der Waals surface area (Å²) in [5.41, 5.74) is -1.56. The fraction of sp³-hybridized carbons (Fsp3) is 0.720. The van der Waals surface area contributed by atoms with Gasteiger partial charge in [-0.1, -0.05) is 105 Å². The van der Waals surface area contributed by atoms with Crippen LogP contribution in [0.1, 0.15) is 86.6 Å². The first-order chi connectivity index (χ1) is 12.8. The standard InChI is InChI=1S/C25H42O3/c1-19(2)15-11-10-14-18-28-22(26)21(23(3,4)5)25(27,24(6,7)8)20-16-12-9-13-17-20/h9,12-13,16-17,19,21,27H,10-11,14-15,18H2,1-8H3. The molecular formula is C25H42O3. The maximum atomic E-state index is 13.2. The van der Waals surface area contributed by atoms with Gasteiger partial charge in [0.1, 0.15) is 5.60 Å². The Morgan fingerprint density at radius 2 is 1.54 bits per heavy atom. The number of unbranched alkanes of at least 4 members (excludes halogenated alkanes) is 2. The Labute approximate surface area is 172 Å². The van der Waals surface area contributed by atoms with Crippen LogP contribution in [0, 0.1) is 22.7 Å². The minimum absolute atomic E-state index is 0.308. The lowest BCUT2D eigenvalue weighted by molar-refractivity contribution is -0.187. The lowest BCUT2D eigenvalue weighted by atomic mass is 9.58. The predicted molar refractivity (Wildman–Crippen MR) is 117 cm³/mol. The number of carbonyl (C=O) groups excluding carboxylic acids is 1. The van der Waals surface area contributed by atoms with Crippen LogP contribution < -0.4 is 0 Å². The van der Waals surface area contributed by atoms with Gasteiger partial charge in [-0.3, -0.25) is 4.79 Å². The van der Waals surface area contributed by atoms with Crippen molar-refractivity contribution in [3.63, 3.8) is 0 Å². The second-order valence-electron chi connectivity index (χ2n) is 10.6. The molecule has 0 aliphatic heterocycles. The van der Waals surface area contributed by atoms with Gasteiger partial charge in [-0.2, -0.15) is 0 Å². The van der Waals surface area contributed by atoms with Crippen LogP contribution in [0.25, 0.3) is 0 Å². The Morgan fingerprint density at radius 3 is 2.00 bits per heavy atom. The molecule has 0 saturated heterocycles. The molecule has 2 atom stereocenters. The molecule has 0 bridgehead atoms. The van der Waals surface area contributed by atoms with E-state index >= 15 is 0 Å². The van der Waals surface area contributed by atoms with Gasteiger partial charge in [0.25, 0.3) is 0 Å². The third-order valence-electron chi connectivity index (χ3n) is 5.55. The van der Waals surface area contributed by atoms with Crippen molar-refractivity contribution in [3.05, 3.63) is 35.9 Å². The predicted octanol–water partition coefficient (Wildman–Crippen LogP) is 6.34. The SMILES string of the molecule is CC(C)CCCCCOC(=O)C(C(C)(C)C)C(O)(c1ccccc1)C(C)(C)C. The molecule has 0 radical (unpaired) electrons. The van der Waals surface area contributed by atoms with Gasteiger partial charge in [-0.15, -0.1) is 0 Å². The molecule has 2 unspecified atom stereocenters. The quantitative estimate of drug-likeness (QED) is 0.395. The summed E-state index contributed by atoms with van der Waals surface area (Å²) < 4.78 is 5.70. The maximum Gasteiger partial charge on any atom is 0.312 e. The highest BCUT2D eigenvalue weighted by atomic mass is 16.5. The first kappa shape index (κ1) is 24.7. The Kier molecular flexibility index (Phi) is 8.74. The zero-order valence-corrected chi connectivity index (χ0v) is 19.3. The molecule has 28 heavy (non-hydrogen) atoms. The number of hydrogen-bond donors (Lipinski definition) is 1. The number of hydrogen-bond acceptors (Lipinski definition) is 3. The van der Waals surface area contributed by atoms with Crippen molar-refractivity contribution >= 4 is 5.97 Å². The van der Waals surface area contributed by atoms with Crippen LogP contribution in [0.2, 0.25) is 0 Å². The molecule has 1 N–H and O–H groups in total. The summed E-state index contributed by atoms with van der Waals surface area (Å²) in [6.45, 7) is 16.8. The Balaban J connectivity index is 3.03. The van der Waals surface area contributed by atoms with E-state index in [9.17, 15) is 9.90 Å². The van der Waals surface area contributed by atoms with E-state index in [4.69, 9.17) is 4.74 Å². The van der Waals surface area contributed by atoms with Crippen LogP contribution in [-0.2, 0) is 15.1 Å². The van der Waals surface area contributed by atoms with E-state index in [-0.39, 0.29) is 5.97 Å². The summed E-state index contributed by atoms with van der Waals surface area (Å²) in [6, 6.07) is 9.55. The second-order valence-corrected chi connectivity index (χ2v) is 10.6. The fourth-order valence-electron chi connectivity index (χ4n) is 3.96. The summed E-state index contributed by atoms with van der Waals surface area (Å²) >= 11 is 0. The van der Waals surface area contributed by atoms with Gasteiger partial charge >= 0.3 is 5.97 Å². The summed E-state index contributed by atoms with van der Waals surface area (Å²) in [4.78, 5) is 13.2. The number of carbonyl (C=O) groups is 1. The molecule has 0 amide bonds. The van der Waals surface area contributed by atoms with Gasteiger partial charge < -0.3 is 9.84 Å². The van der Waals surface area contributed by atoms with Crippen LogP contribution in [0.3, 0.4) is 0 Å². The summed E-state index contributed by atoms with van der Waals surface area (Å²) in [5, 5.41) is 12.0. The average Bonchev–Trinajstić information content (AvgIpc) is 2.56. The van der Waals surface area contributed by atoms with Crippen LogP contribution in [0.15, 0.2) is 30.3 Å². The number of ether oxygens (including phenoxy) is 1. The van der Waals surface area contributed by atoms with Crippen molar-refractivity contribution in [2.45, 2.75) is 86.7 Å². The number of benzene rings is 1. The summed E-state index contributed by atoms with van der Waals surface area (Å²) in [5.74, 6) is -0.267.